The molecule has 0 radical (unpaired) electrons. The minimum atomic E-state index is 0.540. The van der Waals surface area contributed by atoms with E-state index in [1.165, 1.54) is 12.8 Å². The van der Waals surface area contributed by atoms with E-state index in [2.05, 4.69) is 26.7 Å². The maximum atomic E-state index is 6.02. The quantitative estimate of drug-likeness (QED) is 0.716. The highest BCUT2D eigenvalue weighted by Gasteiger charge is 2.22. The summed E-state index contributed by atoms with van der Waals surface area (Å²) in [6, 6.07) is 14.3. The molecule has 3 aromatic rings. The summed E-state index contributed by atoms with van der Waals surface area (Å²) in [5, 5.41) is 8.58. The van der Waals surface area contributed by atoms with Crippen LogP contribution in [0.25, 0.3) is 10.9 Å². The number of hydrogen-bond donors (Lipinski definition) is 2. The third kappa shape index (κ3) is 3.08. The Balaban J connectivity index is 1.74. The average Bonchev–Trinajstić information content (AvgIpc) is 3.34. The Morgan fingerprint density at radius 3 is 2.70 bits per heavy atom. The van der Waals surface area contributed by atoms with Crippen molar-refractivity contribution in [2.75, 3.05) is 10.6 Å². The molecule has 1 fully saturated rings. The van der Waals surface area contributed by atoms with Gasteiger partial charge in [0.25, 0.3) is 0 Å². The molecule has 23 heavy (non-hydrogen) atoms. The Morgan fingerprint density at radius 1 is 1.09 bits per heavy atom. The maximum Gasteiger partial charge on any atom is 0.229 e. The van der Waals surface area contributed by atoms with Crippen molar-refractivity contribution < 1.29 is 0 Å². The number of halogens is 1. The summed E-state index contributed by atoms with van der Waals surface area (Å²) in [5.41, 5.74) is 2.95. The standard InChI is InChI=1S/C18H17ClN4/c1-11-10-12(19)6-9-15(11)21-18-22-16-5-3-2-4-14(16)17(23-18)20-13-7-8-13/h2-6,9-10,13H,7-8H2,1H3,(H2,20,21,22,23). The fourth-order valence-electron chi connectivity index (χ4n) is 2.55. The van der Waals surface area contributed by atoms with Gasteiger partial charge in [0.15, 0.2) is 0 Å². The molecule has 116 valence electrons. The van der Waals surface area contributed by atoms with Crippen molar-refractivity contribution in [3.8, 4) is 0 Å². The molecule has 1 aliphatic rings. The molecule has 0 spiro atoms. The van der Waals surface area contributed by atoms with Crippen molar-refractivity contribution in [1.29, 1.82) is 0 Å². The summed E-state index contributed by atoms with van der Waals surface area (Å²) in [4.78, 5) is 9.30. The Labute approximate surface area is 139 Å². The van der Waals surface area contributed by atoms with Crippen molar-refractivity contribution in [2.24, 2.45) is 0 Å². The maximum absolute atomic E-state index is 6.02. The molecule has 1 aromatic heterocycles. The van der Waals surface area contributed by atoms with E-state index in [4.69, 9.17) is 11.6 Å². The number of fused-ring (bicyclic) bond motifs is 1. The summed E-state index contributed by atoms with van der Waals surface area (Å²) in [5.74, 6) is 1.49. The Kier molecular flexibility index (Phi) is 3.54. The number of rotatable bonds is 4. The number of aromatic nitrogens is 2. The molecule has 0 aliphatic heterocycles. The molecule has 0 bridgehead atoms. The van der Waals surface area contributed by atoms with E-state index in [1.807, 2.05) is 43.3 Å². The number of para-hydroxylation sites is 1. The van der Waals surface area contributed by atoms with Crippen LogP contribution in [0.15, 0.2) is 42.5 Å². The van der Waals surface area contributed by atoms with Crippen LogP contribution < -0.4 is 10.6 Å². The summed E-state index contributed by atoms with van der Waals surface area (Å²) in [7, 11) is 0. The van der Waals surface area contributed by atoms with Crippen LogP contribution in [0.1, 0.15) is 18.4 Å². The second-order valence-corrected chi connectivity index (χ2v) is 6.35. The van der Waals surface area contributed by atoms with Gasteiger partial charge in [-0.2, -0.15) is 4.98 Å². The number of nitrogens with one attached hydrogen (secondary N) is 2. The zero-order valence-electron chi connectivity index (χ0n) is 12.8. The lowest BCUT2D eigenvalue weighted by Crippen LogP contribution is -2.07. The van der Waals surface area contributed by atoms with Crippen LogP contribution >= 0.6 is 11.6 Å². The van der Waals surface area contributed by atoms with E-state index in [0.717, 1.165) is 33.0 Å². The van der Waals surface area contributed by atoms with E-state index in [1.54, 1.807) is 0 Å². The third-order valence-electron chi connectivity index (χ3n) is 3.96. The predicted octanol–water partition coefficient (Wildman–Crippen LogP) is 4.91. The van der Waals surface area contributed by atoms with Gasteiger partial charge in [-0.25, -0.2) is 4.98 Å². The molecule has 2 aromatic carbocycles. The monoisotopic (exact) mass is 324 g/mol. The first-order valence-electron chi connectivity index (χ1n) is 7.75. The second-order valence-electron chi connectivity index (χ2n) is 5.92. The minimum Gasteiger partial charge on any atom is -0.367 e. The highest BCUT2D eigenvalue weighted by molar-refractivity contribution is 6.30. The smallest absolute Gasteiger partial charge is 0.229 e. The topological polar surface area (TPSA) is 49.8 Å². The van der Waals surface area contributed by atoms with Crippen LogP contribution in [0.2, 0.25) is 5.02 Å². The number of aryl methyl sites for hydroxylation is 1. The van der Waals surface area contributed by atoms with Gasteiger partial charge in [-0.15, -0.1) is 0 Å². The van der Waals surface area contributed by atoms with Crippen LogP contribution in [0, 0.1) is 6.92 Å². The van der Waals surface area contributed by atoms with Crippen LogP contribution in [0.4, 0.5) is 17.5 Å². The van der Waals surface area contributed by atoms with E-state index in [0.29, 0.717) is 12.0 Å². The first kappa shape index (κ1) is 14.3. The third-order valence-corrected chi connectivity index (χ3v) is 4.19. The Hall–Kier alpha value is -2.33. The lowest BCUT2D eigenvalue weighted by atomic mass is 10.2. The van der Waals surface area contributed by atoms with Gasteiger partial charge in [0.05, 0.1) is 5.52 Å². The lowest BCUT2D eigenvalue weighted by Gasteiger charge is -2.12. The predicted molar refractivity (Wildman–Crippen MR) is 95.7 cm³/mol. The van der Waals surface area contributed by atoms with Gasteiger partial charge in [0.2, 0.25) is 5.95 Å². The Morgan fingerprint density at radius 2 is 1.91 bits per heavy atom. The summed E-state index contributed by atoms with van der Waals surface area (Å²) in [6.07, 6.45) is 2.41. The molecule has 1 aliphatic carbocycles. The molecule has 1 heterocycles. The molecule has 0 amide bonds. The van der Waals surface area contributed by atoms with Crippen LogP contribution in [-0.2, 0) is 0 Å². The summed E-state index contributed by atoms with van der Waals surface area (Å²) >= 11 is 6.02. The average molecular weight is 325 g/mol. The first-order valence-corrected chi connectivity index (χ1v) is 8.13. The van der Waals surface area contributed by atoms with Crippen LogP contribution in [-0.4, -0.2) is 16.0 Å². The molecule has 5 heteroatoms. The zero-order valence-corrected chi connectivity index (χ0v) is 13.6. The molecule has 2 N–H and O–H groups in total. The summed E-state index contributed by atoms with van der Waals surface area (Å²) in [6.45, 7) is 2.01. The molecule has 0 saturated heterocycles. The van der Waals surface area contributed by atoms with Crippen molar-refractivity contribution in [2.45, 2.75) is 25.8 Å². The molecule has 0 atom stereocenters. The summed E-state index contributed by atoms with van der Waals surface area (Å²) < 4.78 is 0. The van der Waals surface area contributed by atoms with E-state index in [-0.39, 0.29) is 0 Å². The zero-order chi connectivity index (χ0) is 15.8. The van der Waals surface area contributed by atoms with Crippen molar-refractivity contribution >= 4 is 40.0 Å². The van der Waals surface area contributed by atoms with E-state index in [9.17, 15) is 0 Å². The van der Waals surface area contributed by atoms with Crippen LogP contribution in [0.3, 0.4) is 0 Å². The van der Waals surface area contributed by atoms with Gasteiger partial charge in [-0.1, -0.05) is 23.7 Å². The van der Waals surface area contributed by atoms with Gasteiger partial charge >= 0.3 is 0 Å². The van der Waals surface area contributed by atoms with E-state index < -0.39 is 0 Å². The van der Waals surface area contributed by atoms with E-state index >= 15 is 0 Å². The van der Waals surface area contributed by atoms with Gasteiger partial charge in [-0.05, 0) is 55.7 Å². The largest absolute Gasteiger partial charge is 0.367 e. The van der Waals surface area contributed by atoms with Gasteiger partial charge in [0, 0.05) is 22.1 Å². The molecule has 4 nitrogen and oxygen atoms in total. The fraction of sp³-hybridized carbons (Fsp3) is 0.222. The molecule has 0 unspecified atom stereocenters. The van der Waals surface area contributed by atoms with Gasteiger partial charge in [-0.3, -0.25) is 0 Å². The highest BCUT2D eigenvalue weighted by atomic mass is 35.5. The minimum absolute atomic E-state index is 0.540. The molecular formula is C18H17ClN4. The molecular weight excluding hydrogens is 308 g/mol. The Bertz CT molecular complexity index is 874. The number of anilines is 3. The van der Waals surface area contributed by atoms with Crippen molar-refractivity contribution in [1.82, 2.24) is 9.97 Å². The molecule has 4 rings (SSSR count). The van der Waals surface area contributed by atoms with Gasteiger partial charge < -0.3 is 10.6 Å². The lowest BCUT2D eigenvalue weighted by molar-refractivity contribution is 1.10. The number of nitrogens with zero attached hydrogens (tertiary/aromatic N) is 2. The highest BCUT2D eigenvalue weighted by Crippen LogP contribution is 2.30. The first-order chi connectivity index (χ1) is 11.2. The SMILES string of the molecule is Cc1cc(Cl)ccc1Nc1nc(NC2CC2)c2ccccc2n1. The van der Waals surface area contributed by atoms with Crippen LogP contribution in [0.5, 0.6) is 0 Å². The van der Waals surface area contributed by atoms with Crippen molar-refractivity contribution in [3.05, 3.63) is 53.1 Å². The number of hydrogen-bond acceptors (Lipinski definition) is 4. The second kappa shape index (κ2) is 5.70. The number of benzene rings is 2. The van der Waals surface area contributed by atoms with Crippen molar-refractivity contribution in [3.63, 3.8) is 0 Å². The molecule has 1 saturated carbocycles. The normalized spacial score (nSPS) is 14.0. The fourth-order valence-corrected chi connectivity index (χ4v) is 2.78. The van der Waals surface area contributed by atoms with Gasteiger partial charge in [0.1, 0.15) is 5.82 Å².